The zero-order valence-electron chi connectivity index (χ0n) is 30.0. The minimum Gasteiger partial charge on any atom is -0.465 e. The van der Waals surface area contributed by atoms with E-state index in [2.05, 4.69) is 6.58 Å². The van der Waals surface area contributed by atoms with Crippen molar-refractivity contribution in [1.29, 1.82) is 0 Å². The number of hydrogen-bond donors (Lipinski definition) is 0. The van der Waals surface area contributed by atoms with Gasteiger partial charge in [-0.05, 0) is 20.8 Å². The maximum absolute atomic E-state index is 14.8. The van der Waals surface area contributed by atoms with Crippen LogP contribution in [0.1, 0.15) is 82.6 Å². The normalized spacial score (nSPS) is 31.4. The molecule has 0 aromatic carbocycles. The van der Waals surface area contributed by atoms with Crippen molar-refractivity contribution in [3.05, 3.63) is 24.3 Å². The molecule has 0 spiro atoms. The van der Waals surface area contributed by atoms with E-state index in [4.69, 9.17) is 28.4 Å². The molecule has 8 unspecified atom stereocenters. The number of esters is 6. The highest BCUT2D eigenvalue weighted by Gasteiger charge is 2.70. The van der Waals surface area contributed by atoms with Gasteiger partial charge in [-0.3, -0.25) is 38.4 Å². The Morgan fingerprint density at radius 2 is 1.31 bits per heavy atom. The average molecular weight is 693 g/mol. The van der Waals surface area contributed by atoms with Gasteiger partial charge in [-0.2, -0.15) is 0 Å². The van der Waals surface area contributed by atoms with Crippen LogP contribution in [0.2, 0.25) is 0 Å². The number of rotatable bonds is 8. The molecule has 0 heterocycles. The van der Waals surface area contributed by atoms with E-state index in [-0.39, 0.29) is 5.57 Å². The second kappa shape index (κ2) is 15.5. The van der Waals surface area contributed by atoms with E-state index >= 15 is 0 Å². The predicted octanol–water partition coefficient (Wildman–Crippen LogP) is 3.17. The molecular weight excluding hydrogens is 644 g/mol. The van der Waals surface area contributed by atoms with E-state index in [1.165, 1.54) is 53.7 Å². The molecule has 14 heteroatoms. The van der Waals surface area contributed by atoms with E-state index in [0.29, 0.717) is 0 Å². The summed E-state index contributed by atoms with van der Waals surface area (Å²) in [4.78, 5) is 105. The first-order valence-corrected chi connectivity index (χ1v) is 15.9. The van der Waals surface area contributed by atoms with Crippen molar-refractivity contribution in [1.82, 2.24) is 0 Å². The molecule has 0 N–H and O–H groups in total. The Labute approximate surface area is 286 Å². The molecule has 0 aromatic rings. The molecule has 1 fully saturated rings. The van der Waals surface area contributed by atoms with Crippen LogP contribution in [0.25, 0.3) is 0 Å². The van der Waals surface area contributed by atoms with Crippen molar-refractivity contribution >= 4 is 47.4 Å². The zero-order chi connectivity index (χ0) is 37.8. The van der Waals surface area contributed by atoms with E-state index < -0.39 is 119 Å². The third-order valence-electron chi connectivity index (χ3n) is 8.67. The van der Waals surface area contributed by atoms with Crippen molar-refractivity contribution in [3.63, 3.8) is 0 Å². The largest absolute Gasteiger partial charge is 0.465 e. The molecule has 1 saturated carbocycles. The Balaban J connectivity index is 3.22. The van der Waals surface area contributed by atoms with Crippen molar-refractivity contribution in [2.45, 2.75) is 113 Å². The van der Waals surface area contributed by atoms with Gasteiger partial charge in [0.05, 0.1) is 17.3 Å². The lowest BCUT2D eigenvalue weighted by Gasteiger charge is -2.43. The van der Waals surface area contributed by atoms with Gasteiger partial charge in [0.15, 0.2) is 11.9 Å². The Hall–Kier alpha value is -4.36. The molecule has 0 bridgehead atoms. The van der Waals surface area contributed by atoms with Crippen LogP contribution in [0.15, 0.2) is 24.3 Å². The van der Waals surface area contributed by atoms with Crippen LogP contribution >= 0.6 is 0 Å². The summed E-state index contributed by atoms with van der Waals surface area (Å²) in [5.41, 5.74) is -5.50. The minimum atomic E-state index is -1.93. The summed E-state index contributed by atoms with van der Waals surface area (Å²) in [5.74, 6) is -9.82. The van der Waals surface area contributed by atoms with Gasteiger partial charge in [-0.25, -0.2) is 0 Å². The van der Waals surface area contributed by atoms with Gasteiger partial charge in [0.1, 0.15) is 30.2 Å². The fourth-order valence-electron chi connectivity index (χ4n) is 6.58. The van der Waals surface area contributed by atoms with Crippen LogP contribution in [0.5, 0.6) is 0 Å². The summed E-state index contributed by atoms with van der Waals surface area (Å²) in [5, 5.41) is 0. The number of ether oxygens (including phenoxy) is 6. The van der Waals surface area contributed by atoms with E-state index in [9.17, 15) is 38.4 Å². The highest BCUT2D eigenvalue weighted by Crippen LogP contribution is 2.57. The molecule has 49 heavy (non-hydrogen) atoms. The molecular formula is C35H48O14. The first kappa shape index (κ1) is 40.8. The van der Waals surface area contributed by atoms with Crippen LogP contribution in [-0.2, 0) is 66.8 Å². The van der Waals surface area contributed by atoms with Crippen LogP contribution in [0, 0.1) is 28.6 Å². The fraction of sp³-hybridized carbons (Fsp3) is 0.657. The average Bonchev–Trinajstić information content (AvgIpc) is 3.19. The molecule has 0 aromatic heterocycles. The lowest BCUT2D eigenvalue weighted by Crippen LogP contribution is -2.56. The highest BCUT2D eigenvalue weighted by atomic mass is 16.6. The quantitative estimate of drug-likeness (QED) is 0.205. The Bertz CT molecular complexity index is 1420. The molecule has 14 nitrogen and oxygen atoms in total. The first-order chi connectivity index (χ1) is 22.4. The summed E-state index contributed by atoms with van der Waals surface area (Å²) >= 11 is 0. The summed E-state index contributed by atoms with van der Waals surface area (Å²) < 4.78 is 34.1. The van der Waals surface area contributed by atoms with Crippen molar-refractivity contribution in [2.24, 2.45) is 28.6 Å². The van der Waals surface area contributed by atoms with E-state index in [1.807, 2.05) is 0 Å². The van der Waals surface area contributed by atoms with E-state index in [0.717, 1.165) is 34.6 Å². The number of ketones is 2. The van der Waals surface area contributed by atoms with Gasteiger partial charge >= 0.3 is 35.8 Å². The van der Waals surface area contributed by atoms with Gasteiger partial charge < -0.3 is 28.4 Å². The van der Waals surface area contributed by atoms with Crippen molar-refractivity contribution < 1.29 is 66.8 Å². The topological polar surface area (TPSA) is 192 Å². The predicted molar refractivity (Wildman–Crippen MR) is 170 cm³/mol. The summed E-state index contributed by atoms with van der Waals surface area (Å²) in [6.07, 6.45) is -4.53. The third-order valence-corrected chi connectivity index (χ3v) is 8.67. The number of Topliss-reactive ketones (excluding diaryl/α,β-unsaturated/α-hetero) is 2. The Morgan fingerprint density at radius 1 is 0.776 bits per heavy atom. The molecule has 2 rings (SSSR count). The summed E-state index contributed by atoms with van der Waals surface area (Å²) in [6.45, 7) is 17.8. The van der Waals surface area contributed by atoms with Crippen molar-refractivity contribution in [2.75, 3.05) is 6.61 Å². The Morgan fingerprint density at radius 3 is 1.78 bits per heavy atom. The number of carbonyl (C=O) groups is 8. The summed E-state index contributed by atoms with van der Waals surface area (Å²) in [6, 6.07) is 0. The minimum absolute atomic E-state index is 0.331. The molecule has 0 amide bonds. The first-order valence-electron chi connectivity index (χ1n) is 15.9. The Kier molecular flexibility index (Phi) is 12.9. The molecule has 2 aliphatic carbocycles. The molecule has 0 aliphatic heterocycles. The fourth-order valence-corrected chi connectivity index (χ4v) is 6.58. The van der Waals surface area contributed by atoms with Crippen LogP contribution in [0.4, 0.5) is 0 Å². The van der Waals surface area contributed by atoms with Gasteiger partial charge in [-0.15, -0.1) is 0 Å². The lowest BCUT2D eigenvalue weighted by molar-refractivity contribution is -0.187. The van der Waals surface area contributed by atoms with Gasteiger partial charge in [-0.1, -0.05) is 39.5 Å². The van der Waals surface area contributed by atoms with Gasteiger partial charge in [0, 0.05) is 57.9 Å². The summed E-state index contributed by atoms with van der Waals surface area (Å²) in [7, 11) is 0. The maximum Gasteiger partial charge on any atom is 0.309 e. The molecule has 2 aliphatic rings. The smallest absolute Gasteiger partial charge is 0.309 e. The molecule has 8 atom stereocenters. The molecule has 272 valence electrons. The lowest BCUT2D eigenvalue weighted by atomic mass is 9.66. The third kappa shape index (κ3) is 9.21. The van der Waals surface area contributed by atoms with E-state index in [1.54, 1.807) is 0 Å². The van der Waals surface area contributed by atoms with Gasteiger partial charge in [0.25, 0.3) is 0 Å². The molecule has 0 saturated heterocycles. The second-order valence-corrected chi connectivity index (χ2v) is 13.8. The number of fused-ring (bicyclic) bond motifs is 1. The standard InChI is InChI=1S/C35H48O14/c1-17(2)32(43)48-28-27(46-22(7)38)19(4)26(45-21(6)37)25-31(47-23(8)39)34(12,49-24(9)40)15-35(25,16-44-20(5)36)29(41)18(3)13-14-33(10,11)30(28)42/h13-14,17-18,25-28,31H,4,15-16H2,1-3,5-12H3. The number of hydrogen-bond acceptors (Lipinski definition) is 14. The molecule has 0 radical (unpaired) electrons. The zero-order valence-corrected chi connectivity index (χ0v) is 30.0. The number of allylic oxidation sites excluding steroid dienone is 2. The number of carbonyl (C=O) groups excluding carboxylic acids is 8. The monoisotopic (exact) mass is 692 g/mol. The maximum atomic E-state index is 14.8. The van der Waals surface area contributed by atoms with Crippen molar-refractivity contribution in [3.8, 4) is 0 Å². The van der Waals surface area contributed by atoms with Gasteiger partial charge in [0.2, 0.25) is 6.10 Å². The SMILES string of the molecule is C=C1C(OC(C)=O)C(OC(=O)C(C)C)C(=O)C(C)(C)C=CC(C)C(=O)C2(COC(C)=O)CC(C)(OC(C)=O)C(OC(C)=O)C2C1OC(C)=O. The second-order valence-electron chi connectivity index (χ2n) is 13.8. The highest BCUT2D eigenvalue weighted by molar-refractivity contribution is 5.94. The van der Waals surface area contributed by atoms with Crippen LogP contribution in [-0.4, -0.2) is 84.0 Å². The van der Waals surface area contributed by atoms with Crippen LogP contribution in [0.3, 0.4) is 0 Å². The van der Waals surface area contributed by atoms with Crippen LogP contribution < -0.4 is 0 Å².